The Morgan fingerprint density at radius 3 is 2.48 bits per heavy atom. The minimum atomic E-state index is -3.23. The Morgan fingerprint density at radius 2 is 1.96 bits per heavy atom. The maximum Gasteiger partial charge on any atom is 0.215 e. The van der Waals surface area contributed by atoms with Crippen molar-refractivity contribution in [3.05, 3.63) is 17.5 Å². The van der Waals surface area contributed by atoms with Crippen LogP contribution in [0.5, 0.6) is 0 Å². The summed E-state index contributed by atoms with van der Waals surface area (Å²) in [6, 6.07) is 1.96. The molecular formula is C17H32N6O3S. The number of hydrogen-bond acceptors (Lipinski definition) is 6. The number of aliphatic imine (C=N–C) groups is 1. The van der Waals surface area contributed by atoms with Crippen LogP contribution in [-0.2, 0) is 16.6 Å². The van der Waals surface area contributed by atoms with E-state index in [-0.39, 0.29) is 5.75 Å². The lowest BCUT2D eigenvalue weighted by Gasteiger charge is -2.36. The Hall–Kier alpha value is -1.65. The molecular weight excluding hydrogens is 368 g/mol. The van der Waals surface area contributed by atoms with Gasteiger partial charge in [0.25, 0.3) is 0 Å². The first-order chi connectivity index (χ1) is 12.9. The zero-order valence-corrected chi connectivity index (χ0v) is 17.6. The van der Waals surface area contributed by atoms with Crippen LogP contribution >= 0.6 is 0 Å². The first-order valence-corrected chi connectivity index (χ1v) is 11.1. The van der Waals surface area contributed by atoms with Gasteiger partial charge >= 0.3 is 0 Å². The summed E-state index contributed by atoms with van der Waals surface area (Å²) >= 11 is 0. The van der Waals surface area contributed by atoms with Gasteiger partial charge in [0.1, 0.15) is 5.76 Å². The number of aryl methyl sites for hydroxylation is 1. The molecule has 1 fully saturated rings. The summed E-state index contributed by atoms with van der Waals surface area (Å²) in [6.07, 6.45) is 0. The van der Waals surface area contributed by atoms with Crippen LogP contribution in [0.1, 0.15) is 25.3 Å². The van der Waals surface area contributed by atoms with Crippen molar-refractivity contribution >= 4 is 16.0 Å². The van der Waals surface area contributed by atoms with Gasteiger partial charge < -0.3 is 14.7 Å². The molecule has 0 radical (unpaired) electrons. The van der Waals surface area contributed by atoms with Crippen LogP contribution in [-0.4, -0.2) is 92.3 Å². The molecule has 0 aromatic carbocycles. The molecule has 0 amide bonds. The number of aromatic nitrogens is 1. The quantitative estimate of drug-likeness (QED) is 0.497. The van der Waals surface area contributed by atoms with Crippen molar-refractivity contribution in [1.29, 1.82) is 0 Å². The highest BCUT2D eigenvalue weighted by atomic mass is 32.2. The number of guanidine groups is 1. The lowest BCUT2D eigenvalue weighted by atomic mass is 10.3. The molecule has 0 spiro atoms. The van der Waals surface area contributed by atoms with E-state index in [1.807, 2.05) is 26.8 Å². The molecule has 0 bridgehead atoms. The number of rotatable bonds is 8. The van der Waals surface area contributed by atoms with Crippen LogP contribution in [0.15, 0.2) is 15.6 Å². The third-order valence-electron chi connectivity index (χ3n) is 4.69. The minimum Gasteiger partial charge on any atom is -0.361 e. The normalized spacial score (nSPS) is 16.9. The van der Waals surface area contributed by atoms with Gasteiger partial charge in [-0.1, -0.05) is 19.0 Å². The molecule has 27 heavy (non-hydrogen) atoms. The Balaban J connectivity index is 1.78. The predicted octanol–water partition coefficient (Wildman–Crippen LogP) is 0.348. The molecule has 10 heteroatoms. The highest BCUT2D eigenvalue weighted by molar-refractivity contribution is 7.89. The predicted molar refractivity (Wildman–Crippen MR) is 106 cm³/mol. The summed E-state index contributed by atoms with van der Waals surface area (Å²) in [5.41, 5.74) is 0.949. The van der Waals surface area contributed by atoms with Gasteiger partial charge in [0.05, 0.1) is 11.4 Å². The van der Waals surface area contributed by atoms with Gasteiger partial charge in [-0.25, -0.2) is 12.7 Å². The average molecular weight is 401 g/mol. The third kappa shape index (κ3) is 6.18. The van der Waals surface area contributed by atoms with E-state index in [1.54, 1.807) is 7.05 Å². The molecule has 154 valence electrons. The van der Waals surface area contributed by atoms with E-state index in [0.29, 0.717) is 19.6 Å². The van der Waals surface area contributed by atoms with E-state index in [1.165, 1.54) is 4.31 Å². The summed E-state index contributed by atoms with van der Waals surface area (Å²) in [5, 5.41) is 7.24. The fourth-order valence-electron chi connectivity index (χ4n) is 3.21. The molecule has 1 saturated heterocycles. The summed E-state index contributed by atoms with van der Waals surface area (Å²) < 4.78 is 31.1. The molecule has 1 aromatic rings. The van der Waals surface area contributed by atoms with Crippen LogP contribution in [0.2, 0.25) is 0 Å². The van der Waals surface area contributed by atoms with E-state index in [4.69, 9.17) is 4.52 Å². The van der Waals surface area contributed by atoms with Crippen LogP contribution in [0.4, 0.5) is 0 Å². The van der Waals surface area contributed by atoms with Gasteiger partial charge in [-0.2, -0.15) is 0 Å². The Morgan fingerprint density at radius 1 is 1.30 bits per heavy atom. The summed E-state index contributed by atoms with van der Waals surface area (Å²) in [6.45, 7) is 11.2. The first-order valence-electron chi connectivity index (χ1n) is 9.47. The second kappa shape index (κ2) is 10.0. The summed E-state index contributed by atoms with van der Waals surface area (Å²) in [4.78, 5) is 8.79. The molecule has 2 rings (SSSR count). The number of nitrogens with zero attached hydrogens (tertiary/aromatic N) is 5. The first kappa shape index (κ1) is 21.6. The van der Waals surface area contributed by atoms with Gasteiger partial charge in [-0.15, -0.1) is 0 Å². The monoisotopic (exact) mass is 400 g/mol. The maximum atomic E-state index is 12.3. The number of sulfonamides is 1. The van der Waals surface area contributed by atoms with Crippen molar-refractivity contribution in [2.45, 2.75) is 27.3 Å². The van der Waals surface area contributed by atoms with Crippen molar-refractivity contribution in [3.8, 4) is 0 Å². The van der Waals surface area contributed by atoms with Gasteiger partial charge in [-0.05, 0) is 6.92 Å². The smallest absolute Gasteiger partial charge is 0.215 e. The van der Waals surface area contributed by atoms with Gasteiger partial charge in [-0.3, -0.25) is 9.89 Å². The fraction of sp³-hybridized carbons (Fsp3) is 0.765. The SMILES string of the molecule is CCN(CC)S(=O)(=O)CCNC(=NC)N1CCN(Cc2cc(C)on2)CC1. The second-order valence-corrected chi connectivity index (χ2v) is 8.65. The Bertz CT molecular complexity index is 706. The van der Waals surface area contributed by atoms with Crippen molar-refractivity contribution in [1.82, 2.24) is 24.6 Å². The topological polar surface area (TPSA) is 94.3 Å². The van der Waals surface area contributed by atoms with Crippen molar-refractivity contribution in [2.75, 3.05) is 58.6 Å². The molecule has 0 atom stereocenters. The average Bonchev–Trinajstić information content (AvgIpc) is 3.05. The highest BCUT2D eigenvalue weighted by Crippen LogP contribution is 2.09. The van der Waals surface area contributed by atoms with Crippen molar-refractivity contribution in [3.63, 3.8) is 0 Å². The lowest BCUT2D eigenvalue weighted by molar-refractivity contribution is 0.169. The molecule has 2 heterocycles. The van der Waals surface area contributed by atoms with E-state index in [0.717, 1.165) is 50.1 Å². The van der Waals surface area contributed by atoms with E-state index < -0.39 is 10.0 Å². The summed E-state index contributed by atoms with van der Waals surface area (Å²) in [7, 11) is -1.50. The van der Waals surface area contributed by atoms with E-state index >= 15 is 0 Å². The minimum absolute atomic E-state index is 0.0686. The summed E-state index contributed by atoms with van der Waals surface area (Å²) in [5.74, 6) is 1.65. The van der Waals surface area contributed by atoms with Crippen molar-refractivity contribution in [2.24, 2.45) is 4.99 Å². The molecule has 0 saturated carbocycles. The Labute approximate surface area is 162 Å². The molecule has 0 unspecified atom stereocenters. The maximum absolute atomic E-state index is 12.3. The molecule has 1 N–H and O–H groups in total. The molecule has 1 aromatic heterocycles. The number of piperazine rings is 1. The number of hydrogen-bond donors (Lipinski definition) is 1. The zero-order chi connectivity index (χ0) is 19.9. The third-order valence-corrected chi connectivity index (χ3v) is 6.71. The van der Waals surface area contributed by atoms with Gasteiger partial charge in [0, 0.05) is 65.5 Å². The molecule has 1 aliphatic heterocycles. The number of nitrogens with one attached hydrogen (secondary N) is 1. The van der Waals surface area contributed by atoms with Crippen LogP contribution < -0.4 is 5.32 Å². The standard InChI is InChI=1S/C17H32N6O3S/c1-5-23(6-2)27(24,25)12-7-19-17(18-4)22-10-8-21(9-11-22)14-16-13-15(3)26-20-16/h13H,5-12,14H2,1-4H3,(H,18,19). The van der Waals surface area contributed by atoms with Crippen LogP contribution in [0.25, 0.3) is 0 Å². The largest absolute Gasteiger partial charge is 0.361 e. The molecule has 0 aliphatic carbocycles. The van der Waals surface area contributed by atoms with Crippen molar-refractivity contribution < 1.29 is 12.9 Å². The van der Waals surface area contributed by atoms with E-state index in [9.17, 15) is 8.42 Å². The van der Waals surface area contributed by atoms with E-state index in [2.05, 4.69) is 25.3 Å². The zero-order valence-electron chi connectivity index (χ0n) is 16.8. The lowest BCUT2D eigenvalue weighted by Crippen LogP contribution is -2.52. The fourth-order valence-corrected chi connectivity index (χ4v) is 4.61. The highest BCUT2D eigenvalue weighted by Gasteiger charge is 2.22. The second-order valence-electron chi connectivity index (χ2n) is 6.57. The van der Waals surface area contributed by atoms with Gasteiger partial charge in [0.15, 0.2) is 5.96 Å². The molecule has 1 aliphatic rings. The Kier molecular flexibility index (Phi) is 8.06. The van der Waals surface area contributed by atoms with Gasteiger partial charge in [0.2, 0.25) is 10.0 Å². The molecule has 9 nitrogen and oxygen atoms in total. The van der Waals surface area contributed by atoms with Crippen LogP contribution in [0.3, 0.4) is 0 Å². The van der Waals surface area contributed by atoms with Crippen LogP contribution in [0, 0.1) is 6.92 Å².